The smallest absolute Gasteiger partial charge is 0.240 e. The number of amides is 1. The van der Waals surface area contributed by atoms with Gasteiger partial charge in [0.05, 0.1) is 4.90 Å². The Hall–Kier alpha value is -1.84. The first-order valence-electron chi connectivity index (χ1n) is 11.3. The molecule has 0 aromatic heterocycles. The van der Waals surface area contributed by atoms with Gasteiger partial charge in [-0.2, -0.15) is 0 Å². The van der Waals surface area contributed by atoms with Crippen LogP contribution >= 0.6 is 0 Å². The Morgan fingerprint density at radius 3 is 2.61 bits per heavy atom. The van der Waals surface area contributed by atoms with Crippen LogP contribution in [0.5, 0.6) is 11.5 Å². The lowest BCUT2D eigenvalue weighted by atomic mass is 10.1. The molecule has 0 saturated carbocycles. The molecule has 1 saturated heterocycles. The number of sulfonamides is 1. The van der Waals surface area contributed by atoms with E-state index in [-0.39, 0.29) is 10.8 Å². The summed E-state index contributed by atoms with van der Waals surface area (Å²) in [7, 11) is -3.59. The fourth-order valence-corrected chi connectivity index (χ4v) is 5.00. The number of hydrogen-bond acceptors (Lipinski definition) is 6. The minimum absolute atomic E-state index is 0.0742. The summed E-state index contributed by atoms with van der Waals surface area (Å²) in [5.74, 6) is 1.55. The number of carbonyl (C=O) groups is 1. The van der Waals surface area contributed by atoms with Gasteiger partial charge >= 0.3 is 0 Å². The highest BCUT2D eigenvalue weighted by Gasteiger charge is 2.19. The first-order chi connectivity index (χ1) is 14.9. The van der Waals surface area contributed by atoms with Crippen LogP contribution < -0.4 is 19.5 Å². The molecule has 174 valence electrons. The fraction of sp³-hybridized carbons (Fsp3) is 0.682. The summed E-state index contributed by atoms with van der Waals surface area (Å²) in [6, 6.07) is 4.63. The molecule has 2 aliphatic rings. The van der Waals surface area contributed by atoms with Crippen molar-refractivity contribution in [3.63, 3.8) is 0 Å². The number of hydrogen-bond donors (Lipinski definition) is 2. The van der Waals surface area contributed by atoms with E-state index in [9.17, 15) is 13.2 Å². The van der Waals surface area contributed by atoms with E-state index in [4.69, 9.17) is 9.47 Å². The minimum Gasteiger partial charge on any atom is -0.486 e. The number of likely N-dealkylation sites (tertiary alicyclic amines) is 1. The van der Waals surface area contributed by atoms with Gasteiger partial charge in [0.2, 0.25) is 15.9 Å². The van der Waals surface area contributed by atoms with Crippen molar-refractivity contribution >= 4 is 15.9 Å². The normalized spacial score (nSPS) is 17.5. The maximum atomic E-state index is 12.5. The highest BCUT2D eigenvalue weighted by Crippen LogP contribution is 2.32. The number of unbranched alkanes of at least 4 members (excludes halogenated alkanes) is 2. The first kappa shape index (κ1) is 23.8. The van der Waals surface area contributed by atoms with Crippen LogP contribution in [0.4, 0.5) is 0 Å². The third-order valence-corrected chi connectivity index (χ3v) is 7.07. The summed E-state index contributed by atoms with van der Waals surface area (Å²) in [6.45, 7) is 7.50. The quantitative estimate of drug-likeness (QED) is 0.471. The van der Waals surface area contributed by atoms with Gasteiger partial charge in [-0.25, -0.2) is 13.1 Å². The lowest BCUT2D eigenvalue weighted by Crippen LogP contribution is -2.34. The second-order valence-electron chi connectivity index (χ2n) is 8.43. The minimum atomic E-state index is -3.59. The van der Waals surface area contributed by atoms with Gasteiger partial charge in [0.25, 0.3) is 0 Å². The van der Waals surface area contributed by atoms with Gasteiger partial charge in [-0.05, 0) is 56.8 Å². The summed E-state index contributed by atoms with van der Waals surface area (Å²) in [4.78, 5) is 14.6. The van der Waals surface area contributed by atoms with Gasteiger partial charge in [-0.1, -0.05) is 13.3 Å². The monoisotopic (exact) mass is 453 g/mol. The lowest BCUT2D eigenvalue weighted by molar-refractivity contribution is -0.121. The SMILES string of the molecule is CC(CNC(=O)CCCCCNS(=O)(=O)c1ccc2c(c1)OCCO2)CN1CCCC1. The first-order valence-corrected chi connectivity index (χ1v) is 12.8. The third-order valence-electron chi connectivity index (χ3n) is 5.61. The molecule has 0 bridgehead atoms. The highest BCUT2D eigenvalue weighted by molar-refractivity contribution is 7.89. The van der Waals surface area contributed by atoms with E-state index in [1.165, 1.54) is 38.1 Å². The number of benzene rings is 1. The van der Waals surface area contributed by atoms with Crippen molar-refractivity contribution in [2.75, 3.05) is 45.9 Å². The van der Waals surface area contributed by atoms with Crippen molar-refractivity contribution in [3.8, 4) is 11.5 Å². The molecule has 31 heavy (non-hydrogen) atoms. The van der Waals surface area contributed by atoms with Crippen LogP contribution in [-0.4, -0.2) is 65.2 Å². The molecule has 9 heteroatoms. The number of ether oxygens (including phenoxy) is 2. The molecule has 0 radical (unpaired) electrons. The molecule has 3 rings (SSSR count). The van der Waals surface area contributed by atoms with Crippen LogP contribution in [0.25, 0.3) is 0 Å². The molecule has 0 spiro atoms. The van der Waals surface area contributed by atoms with E-state index < -0.39 is 10.0 Å². The van der Waals surface area contributed by atoms with Gasteiger partial charge in [-0.3, -0.25) is 4.79 Å². The molecule has 1 amide bonds. The standard InChI is InChI=1S/C22H35N3O5S/c1-18(17-25-11-5-6-12-25)16-23-22(26)7-3-2-4-10-24-31(27,28)19-8-9-20-21(15-19)30-14-13-29-20/h8-9,15,18,24H,2-7,10-14,16-17H2,1H3,(H,23,26). The van der Waals surface area contributed by atoms with Crippen LogP contribution in [0, 0.1) is 5.92 Å². The number of nitrogens with one attached hydrogen (secondary N) is 2. The topological polar surface area (TPSA) is 97.0 Å². The Morgan fingerprint density at radius 1 is 1.10 bits per heavy atom. The van der Waals surface area contributed by atoms with E-state index in [1.807, 2.05) is 0 Å². The predicted octanol–water partition coefficient (Wildman–Crippen LogP) is 2.14. The molecule has 1 unspecified atom stereocenters. The van der Waals surface area contributed by atoms with Crippen LogP contribution in [0.1, 0.15) is 45.4 Å². The molecular formula is C22H35N3O5S. The molecule has 2 heterocycles. The van der Waals surface area contributed by atoms with Crippen LogP contribution in [0.15, 0.2) is 23.1 Å². The van der Waals surface area contributed by atoms with E-state index in [0.717, 1.165) is 19.4 Å². The Bertz CT molecular complexity index is 824. The number of rotatable bonds is 12. The van der Waals surface area contributed by atoms with Crippen molar-refractivity contribution in [3.05, 3.63) is 18.2 Å². The Balaban J connectivity index is 1.27. The Morgan fingerprint density at radius 2 is 1.84 bits per heavy atom. The second kappa shape index (κ2) is 11.7. The van der Waals surface area contributed by atoms with Crippen molar-refractivity contribution in [1.82, 2.24) is 14.9 Å². The average molecular weight is 454 g/mol. The van der Waals surface area contributed by atoms with Crippen LogP contribution in [-0.2, 0) is 14.8 Å². The third kappa shape index (κ3) is 7.66. The molecular weight excluding hydrogens is 418 g/mol. The largest absolute Gasteiger partial charge is 0.486 e. The van der Waals surface area contributed by atoms with Crippen molar-refractivity contribution < 1.29 is 22.7 Å². The summed E-state index contributed by atoms with van der Waals surface area (Å²) in [5, 5.41) is 3.02. The van der Waals surface area contributed by atoms with Crippen molar-refractivity contribution in [1.29, 1.82) is 0 Å². The van der Waals surface area contributed by atoms with E-state index in [2.05, 4.69) is 21.9 Å². The molecule has 8 nitrogen and oxygen atoms in total. The molecule has 1 fully saturated rings. The van der Waals surface area contributed by atoms with Gasteiger partial charge in [0.1, 0.15) is 13.2 Å². The van der Waals surface area contributed by atoms with Gasteiger partial charge in [0.15, 0.2) is 11.5 Å². The van der Waals surface area contributed by atoms with Gasteiger partial charge in [0, 0.05) is 32.1 Å². The van der Waals surface area contributed by atoms with E-state index in [1.54, 1.807) is 6.07 Å². The summed E-state index contributed by atoms with van der Waals surface area (Å²) < 4.78 is 38.4. The summed E-state index contributed by atoms with van der Waals surface area (Å²) in [6.07, 6.45) is 5.27. The van der Waals surface area contributed by atoms with Crippen molar-refractivity contribution in [2.24, 2.45) is 5.92 Å². The van der Waals surface area contributed by atoms with E-state index in [0.29, 0.717) is 56.6 Å². The van der Waals surface area contributed by atoms with Crippen LogP contribution in [0.3, 0.4) is 0 Å². The van der Waals surface area contributed by atoms with E-state index >= 15 is 0 Å². The van der Waals surface area contributed by atoms with Gasteiger partial charge in [-0.15, -0.1) is 0 Å². The average Bonchev–Trinajstić information content (AvgIpc) is 3.27. The molecule has 2 aliphatic heterocycles. The molecule has 2 N–H and O–H groups in total. The zero-order valence-corrected chi connectivity index (χ0v) is 19.2. The molecule has 1 atom stereocenters. The van der Waals surface area contributed by atoms with Crippen LogP contribution in [0.2, 0.25) is 0 Å². The Kier molecular flexibility index (Phi) is 8.98. The molecule has 1 aromatic carbocycles. The zero-order valence-electron chi connectivity index (χ0n) is 18.4. The second-order valence-corrected chi connectivity index (χ2v) is 10.2. The zero-order chi connectivity index (χ0) is 22.1. The maximum absolute atomic E-state index is 12.5. The predicted molar refractivity (Wildman–Crippen MR) is 119 cm³/mol. The number of nitrogens with zero attached hydrogens (tertiary/aromatic N) is 1. The number of fused-ring (bicyclic) bond motifs is 1. The molecule has 1 aromatic rings. The summed E-state index contributed by atoms with van der Waals surface area (Å²) in [5.41, 5.74) is 0. The van der Waals surface area contributed by atoms with Gasteiger partial charge < -0.3 is 19.7 Å². The highest BCUT2D eigenvalue weighted by atomic mass is 32.2. The Labute approximate surface area is 185 Å². The maximum Gasteiger partial charge on any atom is 0.240 e. The lowest BCUT2D eigenvalue weighted by Gasteiger charge is -2.20. The number of carbonyl (C=O) groups excluding carboxylic acids is 1. The summed E-state index contributed by atoms with van der Waals surface area (Å²) >= 11 is 0. The fourth-order valence-electron chi connectivity index (χ4n) is 3.92. The molecule has 0 aliphatic carbocycles. The van der Waals surface area contributed by atoms with Crippen molar-refractivity contribution in [2.45, 2.75) is 50.3 Å².